The molecule has 3 N–H and O–H groups in total. The van der Waals surface area contributed by atoms with Crippen LogP contribution in [0, 0.1) is 0 Å². The second-order valence-corrected chi connectivity index (χ2v) is 6.56. The topological polar surface area (TPSA) is 127 Å². The molecule has 0 amide bonds. The number of H-pyrrole nitrogens is 1. The van der Waals surface area contributed by atoms with Gasteiger partial charge in [0.25, 0.3) is 5.56 Å². The molecule has 0 spiro atoms. The van der Waals surface area contributed by atoms with Gasteiger partial charge in [-0.25, -0.2) is 9.59 Å². The normalized spacial score (nSPS) is 13.3. The molecule has 1 aliphatic carbocycles. The van der Waals surface area contributed by atoms with Crippen LogP contribution in [0.15, 0.2) is 33.9 Å². The molecule has 1 saturated carbocycles. The van der Waals surface area contributed by atoms with E-state index in [2.05, 4.69) is 4.98 Å². The summed E-state index contributed by atoms with van der Waals surface area (Å²) in [6, 6.07) is 6.60. The van der Waals surface area contributed by atoms with Gasteiger partial charge in [-0.2, -0.15) is 0 Å². The van der Waals surface area contributed by atoms with Crippen LogP contribution < -0.4 is 21.9 Å². The van der Waals surface area contributed by atoms with E-state index in [0.29, 0.717) is 0 Å². The Morgan fingerprint density at radius 2 is 2.00 bits per heavy atom. The quantitative estimate of drug-likeness (QED) is 0.560. The second-order valence-electron chi connectivity index (χ2n) is 6.56. The minimum Gasteiger partial charge on any atom is -0.454 e. The van der Waals surface area contributed by atoms with Crippen molar-refractivity contribution in [3.8, 4) is 0 Å². The number of aromatic nitrogens is 2. The molecule has 0 aliphatic heterocycles. The van der Waals surface area contributed by atoms with E-state index in [1.165, 1.54) is 4.57 Å². The van der Waals surface area contributed by atoms with Gasteiger partial charge in [0.05, 0.1) is 5.56 Å². The maximum Gasteiger partial charge on any atom is 0.338 e. The third-order valence-corrected chi connectivity index (χ3v) is 4.31. The summed E-state index contributed by atoms with van der Waals surface area (Å²) in [5.74, 6) is -1.65. The summed E-state index contributed by atoms with van der Waals surface area (Å²) in [5, 5.41) is 0. The zero-order chi connectivity index (χ0) is 19.7. The third-order valence-electron chi connectivity index (χ3n) is 4.31. The van der Waals surface area contributed by atoms with Crippen LogP contribution in [0.5, 0.6) is 0 Å². The van der Waals surface area contributed by atoms with Crippen LogP contribution in [0.4, 0.5) is 11.5 Å². The summed E-state index contributed by atoms with van der Waals surface area (Å²) in [6.45, 7) is -0.652. The zero-order valence-corrected chi connectivity index (χ0v) is 15.0. The van der Waals surface area contributed by atoms with Crippen LogP contribution in [-0.2, 0) is 4.74 Å². The van der Waals surface area contributed by atoms with Crippen LogP contribution in [0.2, 0.25) is 0 Å². The highest BCUT2D eigenvalue weighted by Crippen LogP contribution is 2.35. The summed E-state index contributed by atoms with van der Waals surface area (Å²) < 4.78 is 6.24. The fourth-order valence-corrected chi connectivity index (χ4v) is 2.73. The molecule has 0 saturated heterocycles. The maximum atomic E-state index is 12.4. The van der Waals surface area contributed by atoms with Crippen molar-refractivity contribution >= 4 is 23.3 Å². The Morgan fingerprint density at radius 3 is 2.63 bits per heavy atom. The Bertz CT molecular complexity index is 1020. The number of nitrogens with zero attached hydrogens (tertiary/aromatic N) is 2. The highest BCUT2D eigenvalue weighted by Gasteiger charge is 2.30. The van der Waals surface area contributed by atoms with Crippen molar-refractivity contribution in [3.05, 3.63) is 56.2 Å². The number of hydrogen-bond donors (Lipinski definition) is 2. The number of hydrogen-bond acceptors (Lipinski definition) is 7. The first-order valence-corrected chi connectivity index (χ1v) is 8.41. The molecule has 9 heteroatoms. The number of carbonyl (C=O) groups excluding carboxylic acids is 2. The largest absolute Gasteiger partial charge is 0.454 e. The molecule has 0 unspecified atom stereocenters. The molecule has 9 nitrogen and oxygen atoms in total. The Balaban J connectivity index is 1.78. The number of nitrogens with two attached hydrogens (primary N) is 1. The molecule has 3 rings (SSSR count). The van der Waals surface area contributed by atoms with Gasteiger partial charge in [-0.1, -0.05) is 6.07 Å². The number of carbonyl (C=O) groups is 2. The molecule has 0 atom stereocenters. The van der Waals surface area contributed by atoms with Gasteiger partial charge in [0.1, 0.15) is 11.4 Å². The van der Waals surface area contributed by atoms with E-state index in [9.17, 15) is 19.2 Å². The third kappa shape index (κ3) is 3.76. The molecule has 142 valence electrons. The van der Waals surface area contributed by atoms with Gasteiger partial charge >= 0.3 is 11.7 Å². The molecule has 1 fully saturated rings. The van der Waals surface area contributed by atoms with Gasteiger partial charge in [0.15, 0.2) is 6.61 Å². The lowest BCUT2D eigenvalue weighted by Crippen LogP contribution is -2.36. The van der Waals surface area contributed by atoms with Crippen LogP contribution >= 0.6 is 0 Å². The van der Waals surface area contributed by atoms with Crippen LogP contribution in [0.3, 0.4) is 0 Å². The van der Waals surface area contributed by atoms with E-state index in [0.717, 1.165) is 18.5 Å². The Hall–Kier alpha value is -3.36. The number of anilines is 2. The average Bonchev–Trinajstić information content (AvgIpc) is 3.44. The highest BCUT2D eigenvalue weighted by atomic mass is 16.5. The van der Waals surface area contributed by atoms with Crippen molar-refractivity contribution in [3.63, 3.8) is 0 Å². The SMILES string of the molecule is CN(C)c1cccc(C(=O)OCC(=O)c2c(N)n(C3CC3)c(=O)[nH]c2=O)c1. The lowest BCUT2D eigenvalue weighted by molar-refractivity contribution is 0.0474. The summed E-state index contributed by atoms with van der Waals surface area (Å²) in [7, 11) is 3.66. The second kappa shape index (κ2) is 7.10. The number of rotatable bonds is 6. The molecule has 27 heavy (non-hydrogen) atoms. The molecule has 1 aromatic heterocycles. The van der Waals surface area contributed by atoms with Gasteiger partial charge in [0, 0.05) is 25.8 Å². The first kappa shape index (κ1) is 18.4. The molecule has 0 radical (unpaired) electrons. The first-order valence-electron chi connectivity index (χ1n) is 8.41. The molecular weight excluding hydrogens is 352 g/mol. The van der Waals surface area contributed by atoms with Crippen molar-refractivity contribution in [2.45, 2.75) is 18.9 Å². The average molecular weight is 372 g/mol. The van der Waals surface area contributed by atoms with Crippen LogP contribution in [0.1, 0.15) is 39.6 Å². The van der Waals surface area contributed by atoms with Gasteiger partial charge in [-0.05, 0) is 31.0 Å². The van der Waals surface area contributed by atoms with Crippen LogP contribution in [-0.4, -0.2) is 42.0 Å². The van der Waals surface area contributed by atoms with Crippen molar-refractivity contribution < 1.29 is 14.3 Å². The smallest absolute Gasteiger partial charge is 0.338 e. The van der Waals surface area contributed by atoms with E-state index in [4.69, 9.17) is 10.5 Å². The van der Waals surface area contributed by atoms with E-state index >= 15 is 0 Å². The predicted octanol–water partition coefficient (Wildman–Crippen LogP) is 0.559. The monoisotopic (exact) mass is 372 g/mol. The number of nitrogen functional groups attached to an aromatic ring is 1. The lowest BCUT2D eigenvalue weighted by atomic mass is 10.2. The van der Waals surface area contributed by atoms with Gasteiger partial charge in [-0.15, -0.1) is 0 Å². The summed E-state index contributed by atoms with van der Waals surface area (Å²) in [5.41, 5.74) is 5.06. The van der Waals surface area contributed by atoms with E-state index < -0.39 is 29.6 Å². The van der Waals surface area contributed by atoms with Gasteiger partial charge in [0.2, 0.25) is 5.78 Å². The molecule has 2 aromatic rings. The minimum atomic E-state index is -0.884. The summed E-state index contributed by atoms with van der Waals surface area (Å²) >= 11 is 0. The highest BCUT2D eigenvalue weighted by molar-refractivity contribution is 6.02. The van der Waals surface area contributed by atoms with Crippen molar-refractivity contribution in [1.29, 1.82) is 0 Å². The molecule has 1 aliphatic rings. The lowest BCUT2D eigenvalue weighted by Gasteiger charge is -2.13. The fourth-order valence-electron chi connectivity index (χ4n) is 2.73. The maximum absolute atomic E-state index is 12.4. The van der Waals surface area contributed by atoms with E-state index in [1.807, 2.05) is 25.1 Å². The van der Waals surface area contributed by atoms with Crippen molar-refractivity contribution in [2.75, 3.05) is 31.3 Å². The fraction of sp³-hybridized carbons (Fsp3) is 0.333. The Kier molecular flexibility index (Phi) is 4.85. The van der Waals surface area contributed by atoms with E-state index in [1.54, 1.807) is 18.2 Å². The standard InChI is InChI=1S/C18H20N4O5/c1-21(2)12-5-3-4-10(8-12)17(25)27-9-13(23)14-15(19)22(11-6-7-11)18(26)20-16(14)24/h3-5,8,11H,6-7,9,19H2,1-2H3,(H,20,24,26). The number of aromatic amines is 1. The first-order chi connectivity index (χ1) is 12.8. The number of esters is 1. The molecular formula is C18H20N4O5. The van der Waals surface area contributed by atoms with Crippen molar-refractivity contribution in [1.82, 2.24) is 9.55 Å². The minimum absolute atomic E-state index is 0.114. The number of Topliss-reactive ketones (excluding diaryl/α,β-unsaturated/α-hetero) is 1. The van der Waals surface area contributed by atoms with Crippen molar-refractivity contribution in [2.24, 2.45) is 0 Å². The van der Waals surface area contributed by atoms with Gasteiger partial charge < -0.3 is 15.4 Å². The van der Waals surface area contributed by atoms with Crippen LogP contribution in [0.25, 0.3) is 0 Å². The number of benzene rings is 1. The Labute approximate surface area is 154 Å². The summed E-state index contributed by atoms with van der Waals surface area (Å²) in [6.07, 6.45) is 1.50. The Morgan fingerprint density at radius 1 is 1.30 bits per heavy atom. The number of ketones is 1. The summed E-state index contributed by atoms with van der Waals surface area (Å²) in [4.78, 5) is 52.4. The van der Waals surface area contributed by atoms with E-state index in [-0.39, 0.29) is 23.0 Å². The predicted molar refractivity (Wildman–Crippen MR) is 99.4 cm³/mol. The number of nitrogens with one attached hydrogen (secondary N) is 1. The molecule has 0 bridgehead atoms. The number of ether oxygens (including phenoxy) is 1. The zero-order valence-electron chi connectivity index (χ0n) is 15.0. The molecule has 1 aromatic carbocycles. The van der Waals surface area contributed by atoms with Gasteiger partial charge in [-0.3, -0.25) is 19.1 Å². The molecule has 1 heterocycles.